The highest BCUT2D eigenvalue weighted by Gasteiger charge is 2.87. The van der Waals surface area contributed by atoms with E-state index in [2.05, 4.69) is 6.58 Å². The lowest BCUT2D eigenvalue weighted by Crippen LogP contribution is -2.51. The molecular formula is C41H38O19S4. The van der Waals surface area contributed by atoms with Crippen LogP contribution in [0.15, 0.2) is 36.6 Å². The lowest BCUT2D eigenvalue weighted by molar-refractivity contribution is -0.161. The Morgan fingerprint density at radius 1 is 0.359 bits per heavy atom. The number of fused-ring (bicyclic) bond motifs is 8. The van der Waals surface area contributed by atoms with Gasteiger partial charge >= 0.3 is 41.8 Å². The fourth-order valence-corrected chi connectivity index (χ4v) is 23.9. The quantitative estimate of drug-likeness (QED) is 0.110. The zero-order valence-corrected chi connectivity index (χ0v) is 36.8. The van der Waals surface area contributed by atoms with Crippen LogP contribution in [-0.2, 0) is 115 Å². The highest BCUT2D eigenvalue weighted by molar-refractivity contribution is 7.86. The zero-order chi connectivity index (χ0) is 44.5. The third-order valence-electron chi connectivity index (χ3n) is 17.8. The maximum Gasteiger partial charge on any atom is 0.325 e. The molecule has 340 valence electrons. The molecule has 0 radical (unpaired) electrons. The van der Waals surface area contributed by atoms with E-state index in [1.54, 1.807) is 24.3 Å². The molecule has 0 amide bonds. The molecule has 0 aromatic carbocycles. The zero-order valence-electron chi connectivity index (χ0n) is 33.5. The minimum absolute atomic E-state index is 0.0112. The van der Waals surface area contributed by atoms with Gasteiger partial charge in [0.2, 0.25) is 0 Å². The molecule has 17 atom stereocenters. The minimum atomic E-state index is -1.14. The molecule has 17 unspecified atom stereocenters. The average Bonchev–Trinajstić information content (AvgIpc) is 4.07. The van der Waals surface area contributed by atoms with Gasteiger partial charge in [-0.1, -0.05) is 30.9 Å². The van der Waals surface area contributed by atoms with Crippen LogP contribution in [0.2, 0.25) is 0 Å². The monoisotopic (exact) mass is 962 g/mol. The summed E-state index contributed by atoms with van der Waals surface area (Å²) >= 11 is 0. The van der Waals surface area contributed by atoms with Crippen LogP contribution < -0.4 is 0 Å². The van der Waals surface area contributed by atoms with Gasteiger partial charge in [-0.15, -0.1) is 0 Å². The van der Waals surface area contributed by atoms with Gasteiger partial charge in [0.1, 0.15) is 43.7 Å². The van der Waals surface area contributed by atoms with Crippen LogP contribution in [0.1, 0.15) is 25.7 Å². The number of carbonyl (C=O) groups excluding carboxylic acids is 7. The SMILES string of the molecule is C=C1OC(=O)C23CS(=O)CC12C1CCC3O1.O=C1OC(=O)C23CS(=O)CC12C1C=CC3O1.O=C1OC(=O)C23CS(=O)CC12C1C=CC3O1.O=C1OC(=O)C23CS(=O)CC12C1CCC3O1. The molecule has 0 N–H and O–H groups in total. The average molecular weight is 963 g/mol. The predicted octanol–water partition coefficient (Wildman–Crippen LogP) is -2.00. The molecule has 8 bridgehead atoms. The van der Waals surface area contributed by atoms with Crippen molar-refractivity contribution in [1.29, 1.82) is 0 Å². The van der Waals surface area contributed by atoms with Gasteiger partial charge in [-0.3, -0.25) is 50.4 Å². The van der Waals surface area contributed by atoms with Crippen LogP contribution in [0, 0.1) is 43.3 Å². The summed E-state index contributed by atoms with van der Waals surface area (Å²) in [5.41, 5.74) is -7.00. The van der Waals surface area contributed by atoms with E-state index in [0.29, 0.717) is 17.3 Å². The van der Waals surface area contributed by atoms with Gasteiger partial charge in [0.05, 0.1) is 54.2 Å². The first-order chi connectivity index (χ1) is 30.4. The second kappa shape index (κ2) is 12.4. The Kier molecular flexibility index (Phi) is 7.87. The molecule has 0 aromatic heterocycles. The summed E-state index contributed by atoms with van der Waals surface area (Å²) in [4.78, 5) is 83.6. The molecule has 16 rings (SSSR count). The van der Waals surface area contributed by atoms with E-state index in [-0.39, 0.29) is 64.9 Å². The summed E-state index contributed by atoms with van der Waals surface area (Å²) in [7, 11) is -4.33. The number of hydrogen-bond acceptors (Lipinski definition) is 19. The summed E-state index contributed by atoms with van der Waals surface area (Å²) in [5.74, 6) is -0.904. The van der Waals surface area contributed by atoms with Crippen molar-refractivity contribution in [3.63, 3.8) is 0 Å². The number of carbonyl (C=O) groups is 7. The molecule has 19 nitrogen and oxygen atoms in total. The Morgan fingerprint density at radius 3 is 0.906 bits per heavy atom. The molecule has 16 heterocycles. The Labute approximate surface area is 372 Å². The smallest absolute Gasteiger partial charge is 0.325 e. The van der Waals surface area contributed by atoms with Crippen molar-refractivity contribution in [2.75, 3.05) is 46.0 Å². The number of cyclic esters (lactones) is 7. The summed E-state index contributed by atoms with van der Waals surface area (Å²) < 4.78 is 89.6. The fourth-order valence-electron chi connectivity index (χ4n) is 15.0. The van der Waals surface area contributed by atoms with Crippen LogP contribution in [0.4, 0.5) is 0 Å². The third-order valence-corrected chi connectivity index (χ3v) is 24.0. The summed E-state index contributed by atoms with van der Waals surface area (Å²) in [6.07, 6.45) is 8.08. The second-order valence-corrected chi connectivity index (χ2v) is 25.5. The first kappa shape index (κ1) is 40.8. The van der Waals surface area contributed by atoms with Crippen molar-refractivity contribution in [2.24, 2.45) is 43.3 Å². The number of esters is 7. The normalized spacial score (nSPS) is 57.1. The molecule has 64 heavy (non-hydrogen) atoms. The van der Waals surface area contributed by atoms with Crippen molar-refractivity contribution in [3.05, 3.63) is 36.6 Å². The Balaban J connectivity index is 0.0000000860. The highest BCUT2D eigenvalue weighted by Crippen LogP contribution is 2.71. The van der Waals surface area contributed by atoms with Gasteiger partial charge in [0.25, 0.3) is 0 Å². The molecule has 0 aromatic rings. The largest absolute Gasteiger partial charge is 0.430 e. The van der Waals surface area contributed by atoms with Gasteiger partial charge in [0, 0.05) is 89.2 Å². The van der Waals surface area contributed by atoms with Crippen molar-refractivity contribution in [3.8, 4) is 0 Å². The van der Waals surface area contributed by atoms with Gasteiger partial charge < -0.3 is 37.9 Å². The standard InChI is InChI=1S/C11H12O4S.C10H10O5S.2C10H8O5S/c1-6-10-4-16(13)5-11(10,9(12)14-6)8-3-2-7(10)15-8;3*11-7-9-3-16(13)4-10(9,8(12)15-7)6-2-1-5(9)14-6/h7-8H,1-5H2;5-6H,1-4H2;2*1-2,5-6H,3-4H2. The highest BCUT2D eigenvalue weighted by atomic mass is 32.2. The lowest BCUT2D eigenvalue weighted by Gasteiger charge is -2.35. The van der Waals surface area contributed by atoms with Crippen LogP contribution >= 0.6 is 0 Å². The van der Waals surface area contributed by atoms with Crippen molar-refractivity contribution in [2.45, 2.75) is 74.5 Å². The van der Waals surface area contributed by atoms with Gasteiger partial charge in [0.15, 0.2) is 0 Å². The van der Waals surface area contributed by atoms with E-state index in [1.165, 1.54) is 0 Å². The van der Waals surface area contributed by atoms with Crippen LogP contribution in [0.5, 0.6) is 0 Å². The molecule has 14 fully saturated rings. The molecular weight excluding hydrogens is 925 g/mol. The van der Waals surface area contributed by atoms with E-state index >= 15 is 0 Å². The first-order valence-corrected chi connectivity index (χ1v) is 27.0. The molecule has 16 aliphatic heterocycles. The second-order valence-electron chi connectivity index (χ2n) is 19.6. The molecule has 14 saturated heterocycles. The van der Waals surface area contributed by atoms with Gasteiger partial charge in [-0.05, 0) is 25.7 Å². The minimum Gasteiger partial charge on any atom is -0.430 e. The predicted molar refractivity (Wildman–Crippen MR) is 211 cm³/mol. The molecule has 0 aliphatic carbocycles. The number of hydrogen-bond donors (Lipinski definition) is 0. The molecule has 16 aliphatic rings. The Bertz CT molecular complexity index is 2280. The molecule has 0 saturated carbocycles. The van der Waals surface area contributed by atoms with E-state index < -0.39 is 147 Å². The third kappa shape index (κ3) is 3.99. The Morgan fingerprint density at radius 2 is 0.594 bits per heavy atom. The van der Waals surface area contributed by atoms with Gasteiger partial charge in [-0.25, -0.2) is 0 Å². The molecule has 23 heteroatoms. The Hall–Kier alpha value is -3.45. The lowest BCUT2D eigenvalue weighted by atomic mass is 9.58. The maximum absolute atomic E-state index is 12.1. The number of ether oxygens (including phenoxy) is 8. The van der Waals surface area contributed by atoms with Crippen LogP contribution in [0.25, 0.3) is 0 Å². The van der Waals surface area contributed by atoms with E-state index in [0.717, 1.165) is 25.7 Å². The molecule has 0 spiro atoms. The first-order valence-electron chi connectivity index (χ1n) is 21.0. The van der Waals surface area contributed by atoms with Crippen molar-refractivity contribution in [1.82, 2.24) is 0 Å². The fraction of sp³-hybridized carbons (Fsp3) is 0.683. The van der Waals surface area contributed by atoms with Crippen molar-refractivity contribution < 1.29 is 88.3 Å². The maximum atomic E-state index is 12.1. The number of rotatable bonds is 0. The summed E-state index contributed by atoms with van der Waals surface area (Å²) in [6, 6.07) is 0. The van der Waals surface area contributed by atoms with E-state index in [9.17, 15) is 50.4 Å². The van der Waals surface area contributed by atoms with Crippen molar-refractivity contribution >= 4 is 85.0 Å². The van der Waals surface area contributed by atoms with Crippen LogP contribution in [-0.4, -0.2) is 153 Å². The van der Waals surface area contributed by atoms with Gasteiger partial charge in [-0.2, -0.15) is 0 Å². The van der Waals surface area contributed by atoms with E-state index in [1.807, 2.05) is 0 Å². The van der Waals surface area contributed by atoms with E-state index in [4.69, 9.17) is 37.9 Å². The topological polar surface area (TPSA) is 262 Å². The van der Waals surface area contributed by atoms with Crippen LogP contribution in [0.3, 0.4) is 0 Å². The summed E-state index contributed by atoms with van der Waals surface area (Å²) in [5, 5.41) is 0. The summed E-state index contributed by atoms with van der Waals surface area (Å²) in [6.45, 7) is 3.87.